The molecule has 22 heavy (non-hydrogen) atoms. The number of rotatable bonds is 3. The second-order valence-electron chi connectivity index (χ2n) is 8.05. The molecule has 0 unspecified atom stereocenters. The van der Waals surface area contributed by atoms with Crippen molar-refractivity contribution in [2.45, 2.75) is 60.4 Å². The Labute approximate surface area is 132 Å². The van der Waals surface area contributed by atoms with Crippen LogP contribution < -0.4 is 5.32 Å². The van der Waals surface area contributed by atoms with E-state index >= 15 is 0 Å². The van der Waals surface area contributed by atoms with Crippen molar-refractivity contribution in [3.05, 3.63) is 35.3 Å². The molecule has 2 aromatic heterocycles. The lowest BCUT2D eigenvalue weighted by molar-refractivity contribution is 0.0884. The Balaban J connectivity index is 2.32. The van der Waals surface area contributed by atoms with Crippen LogP contribution in [0.15, 0.2) is 18.3 Å². The van der Waals surface area contributed by atoms with Gasteiger partial charge in [-0.25, -0.2) is 4.98 Å². The Morgan fingerprint density at radius 3 is 2.45 bits per heavy atom. The first-order valence-electron chi connectivity index (χ1n) is 7.76. The summed E-state index contributed by atoms with van der Waals surface area (Å²) in [5.74, 6) is -0.0666. The molecule has 0 aromatic carbocycles. The number of pyridine rings is 1. The fourth-order valence-corrected chi connectivity index (χ4v) is 3.27. The van der Waals surface area contributed by atoms with Gasteiger partial charge < -0.3 is 5.32 Å². The molecule has 1 N–H and O–H groups in total. The van der Waals surface area contributed by atoms with Gasteiger partial charge in [0, 0.05) is 11.7 Å². The third-order valence-electron chi connectivity index (χ3n) is 3.60. The summed E-state index contributed by atoms with van der Waals surface area (Å²) in [6.45, 7) is 14.6. The van der Waals surface area contributed by atoms with E-state index in [-0.39, 0.29) is 16.9 Å². The molecular weight excluding hydrogens is 274 g/mol. The fourth-order valence-electron chi connectivity index (χ4n) is 3.27. The van der Waals surface area contributed by atoms with Gasteiger partial charge >= 0.3 is 0 Å². The summed E-state index contributed by atoms with van der Waals surface area (Å²) < 4.78 is 1.87. The smallest absolute Gasteiger partial charge is 0.270 e. The topological polar surface area (TPSA) is 46.4 Å². The molecule has 4 nitrogen and oxygen atoms in total. The van der Waals surface area contributed by atoms with Crippen LogP contribution in [0.2, 0.25) is 0 Å². The van der Waals surface area contributed by atoms with Crippen molar-refractivity contribution in [2.24, 2.45) is 5.41 Å². The van der Waals surface area contributed by atoms with Crippen molar-refractivity contribution in [2.75, 3.05) is 0 Å². The Hall–Kier alpha value is -1.84. The summed E-state index contributed by atoms with van der Waals surface area (Å²) in [5, 5.41) is 3.16. The highest BCUT2D eigenvalue weighted by molar-refractivity contribution is 5.95. The van der Waals surface area contributed by atoms with Crippen molar-refractivity contribution in [1.82, 2.24) is 14.7 Å². The summed E-state index contributed by atoms with van der Waals surface area (Å²) in [7, 11) is 0. The summed E-state index contributed by atoms with van der Waals surface area (Å²) in [6, 6.07) is 3.98. The van der Waals surface area contributed by atoms with E-state index in [9.17, 15) is 4.79 Å². The van der Waals surface area contributed by atoms with Gasteiger partial charge in [-0.15, -0.1) is 0 Å². The van der Waals surface area contributed by atoms with E-state index in [0.29, 0.717) is 5.69 Å². The van der Waals surface area contributed by atoms with Gasteiger partial charge in [-0.2, -0.15) is 0 Å². The molecule has 0 bridgehead atoms. The van der Waals surface area contributed by atoms with Gasteiger partial charge in [0.05, 0.1) is 5.69 Å². The van der Waals surface area contributed by atoms with E-state index < -0.39 is 0 Å². The fraction of sp³-hybridized carbons (Fsp3) is 0.556. The lowest BCUT2D eigenvalue weighted by atomic mass is 9.82. The Bertz CT molecular complexity index is 705. The van der Waals surface area contributed by atoms with Gasteiger partial charge in [0.1, 0.15) is 11.3 Å². The Morgan fingerprint density at radius 1 is 1.23 bits per heavy atom. The number of carbonyl (C=O) groups is 1. The quantitative estimate of drug-likeness (QED) is 0.934. The summed E-state index contributed by atoms with van der Waals surface area (Å²) >= 11 is 0. The number of fused-ring (bicyclic) bond motifs is 1. The normalized spacial score (nSPS) is 12.7. The molecule has 120 valence electrons. The molecule has 0 aliphatic carbocycles. The monoisotopic (exact) mass is 301 g/mol. The number of carbonyl (C=O) groups excluding carboxylic acids is 1. The van der Waals surface area contributed by atoms with Crippen molar-refractivity contribution in [3.63, 3.8) is 0 Å². The molecule has 0 atom stereocenters. The van der Waals surface area contributed by atoms with Crippen molar-refractivity contribution in [1.29, 1.82) is 0 Å². The summed E-state index contributed by atoms with van der Waals surface area (Å²) in [5.41, 5.74) is 3.22. The van der Waals surface area contributed by atoms with Gasteiger partial charge in [0.2, 0.25) is 0 Å². The predicted octanol–water partition coefficient (Wildman–Crippen LogP) is 3.90. The minimum absolute atomic E-state index is 0.0666. The Kier molecular flexibility index (Phi) is 4.07. The number of hydrogen-bond acceptors (Lipinski definition) is 2. The van der Waals surface area contributed by atoms with Crippen LogP contribution in [0.3, 0.4) is 0 Å². The van der Waals surface area contributed by atoms with E-state index in [2.05, 4.69) is 44.9 Å². The zero-order chi connectivity index (χ0) is 16.7. The second kappa shape index (κ2) is 5.41. The van der Waals surface area contributed by atoms with E-state index in [1.807, 2.05) is 36.6 Å². The molecular formula is C18H27N3O. The molecule has 0 saturated carbocycles. The molecule has 0 saturated heterocycles. The van der Waals surface area contributed by atoms with Crippen LogP contribution in [0.25, 0.3) is 5.65 Å². The van der Waals surface area contributed by atoms with Gasteiger partial charge in [-0.3, -0.25) is 9.20 Å². The van der Waals surface area contributed by atoms with Gasteiger partial charge in [0.25, 0.3) is 5.91 Å². The SMILES string of the molecule is Cc1ccn2c(C(=O)NC(C)(C)CC(C)(C)C)c(C)nc2c1. The maximum Gasteiger partial charge on any atom is 0.270 e. The molecule has 0 radical (unpaired) electrons. The van der Waals surface area contributed by atoms with Crippen LogP contribution in [-0.2, 0) is 0 Å². The highest BCUT2D eigenvalue weighted by Gasteiger charge is 2.29. The minimum atomic E-state index is -0.267. The molecule has 0 aliphatic heterocycles. The van der Waals surface area contributed by atoms with Gasteiger partial charge in [-0.1, -0.05) is 20.8 Å². The average molecular weight is 301 g/mol. The number of amides is 1. The number of nitrogens with one attached hydrogen (secondary N) is 1. The van der Waals surface area contributed by atoms with E-state index in [1.54, 1.807) is 0 Å². The van der Waals surface area contributed by atoms with Crippen LogP contribution in [-0.4, -0.2) is 20.8 Å². The third-order valence-corrected chi connectivity index (χ3v) is 3.60. The van der Waals surface area contributed by atoms with Gasteiger partial charge in [0.15, 0.2) is 0 Å². The molecule has 0 fully saturated rings. The first kappa shape index (κ1) is 16.5. The summed E-state index contributed by atoms with van der Waals surface area (Å²) in [4.78, 5) is 17.3. The van der Waals surface area contributed by atoms with Crippen LogP contribution >= 0.6 is 0 Å². The third kappa shape index (κ3) is 3.67. The first-order valence-corrected chi connectivity index (χ1v) is 7.76. The average Bonchev–Trinajstić information content (AvgIpc) is 2.59. The Morgan fingerprint density at radius 2 is 1.86 bits per heavy atom. The standard InChI is InChI=1S/C18H27N3O/c1-12-8-9-21-14(10-12)19-13(2)15(21)16(22)20-18(6,7)11-17(3,4)5/h8-10H,11H2,1-7H3,(H,20,22). The van der Waals surface area contributed by atoms with Crippen molar-refractivity contribution < 1.29 is 4.79 Å². The van der Waals surface area contributed by atoms with E-state index in [1.165, 1.54) is 0 Å². The maximum absolute atomic E-state index is 12.8. The number of aryl methyl sites for hydroxylation is 2. The molecule has 0 aliphatic rings. The largest absolute Gasteiger partial charge is 0.346 e. The predicted molar refractivity (Wildman–Crippen MR) is 90.3 cm³/mol. The van der Waals surface area contributed by atoms with Crippen LogP contribution in [0.4, 0.5) is 0 Å². The number of imidazole rings is 1. The molecule has 2 aromatic rings. The molecule has 2 heterocycles. The molecule has 0 spiro atoms. The van der Waals surface area contributed by atoms with Crippen LogP contribution in [0, 0.1) is 19.3 Å². The van der Waals surface area contributed by atoms with Gasteiger partial charge in [-0.05, 0) is 57.2 Å². The van der Waals surface area contributed by atoms with Crippen LogP contribution in [0.1, 0.15) is 62.8 Å². The molecule has 4 heteroatoms. The lowest BCUT2D eigenvalue weighted by Gasteiger charge is -2.33. The van der Waals surface area contributed by atoms with Crippen molar-refractivity contribution in [3.8, 4) is 0 Å². The second-order valence-corrected chi connectivity index (χ2v) is 8.05. The molecule has 1 amide bonds. The van der Waals surface area contributed by atoms with Crippen molar-refractivity contribution >= 4 is 11.6 Å². The lowest BCUT2D eigenvalue weighted by Crippen LogP contribution is -2.46. The summed E-state index contributed by atoms with van der Waals surface area (Å²) in [6.07, 6.45) is 2.82. The number of hydrogen-bond donors (Lipinski definition) is 1. The highest BCUT2D eigenvalue weighted by atomic mass is 16.2. The first-order chi connectivity index (χ1) is 9.98. The van der Waals surface area contributed by atoms with Crippen LogP contribution in [0.5, 0.6) is 0 Å². The maximum atomic E-state index is 12.8. The number of nitrogens with zero attached hydrogens (tertiary/aromatic N) is 2. The number of aromatic nitrogens is 2. The zero-order valence-electron chi connectivity index (χ0n) is 14.7. The minimum Gasteiger partial charge on any atom is -0.346 e. The zero-order valence-corrected chi connectivity index (χ0v) is 14.7. The highest BCUT2D eigenvalue weighted by Crippen LogP contribution is 2.27. The van der Waals surface area contributed by atoms with E-state index in [4.69, 9.17) is 0 Å². The van der Waals surface area contributed by atoms with E-state index in [0.717, 1.165) is 23.3 Å². The molecule has 2 rings (SSSR count).